The molecule has 0 unspecified atom stereocenters. The normalized spacial score (nSPS) is 10.8. The summed E-state index contributed by atoms with van der Waals surface area (Å²) >= 11 is 0. The van der Waals surface area contributed by atoms with Gasteiger partial charge in [-0.05, 0) is 30.7 Å². The van der Waals surface area contributed by atoms with Crippen molar-refractivity contribution in [2.45, 2.75) is 26.5 Å². The number of hydrogen-bond acceptors (Lipinski definition) is 5. The molecule has 0 aliphatic carbocycles. The molecule has 0 atom stereocenters. The minimum absolute atomic E-state index is 0.155. The molecule has 0 saturated heterocycles. The molecule has 0 saturated carbocycles. The highest BCUT2D eigenvalue weighted by Gasteiger charge is 2.13. The zero-order chi connectivity index (χ0) is 14.4. The van der Waals surface area contributed by atoms with Crippen LogP contribution in [0.25, 0.3) is 0 Å². The molecule has 20 heavy (non-hydrogen) atoms. The molecule has 1 heterocycles. The van der Waals surface area contributed by atoms with Gasteiger partial charge < -0.3 is 14.6 Å². The van der Waals surface area contributed by atoms with Gasteiger partial charge in [0.1, 0.15) is 0 Å². The van der Waals surface area contributed by atoms with Crippen LogP contribution < -0.4 is 10.1 Å². The van der Waals surface area contributed by atoms with Crippen LogP contribution >= 0.6 is 0 Å². The highest BCUT2D eigenvalue weighted by molar-refractivity contribution is 5.31. The lowest BCUT2D eigenvalue weighted by Gasteiger charge is -2.09. The van der Waals surface area contributed by atoms with E-state index in [-0.39, 0.29) is 12.4 Å². The van der Waals surface area contributed by atoms with Gasteiger partial charge in [-0.25, -0.2) is 8.78 Å². The Hall–Kier alpha value is -2.02. The second kappa shape index (κ2) is 6.95. The number of benzene rings is 1. The van der Waals surface area contributed by atoms with Gasteiger partial charge in [0.25, 0.3) is 0 Å². The zero-order valence-electron chi connectivity index (χ0n) is 11.0. The van der Waals surface area contributed by atoms with Crippen molar-refractivity contribution < 1.29 is 18.0 Å². The predicted molar refractivity (Wildman–Crippen MR) is 67.0 cm³/mol. The number of aromatic nitrogens is 2. The summed E-state index contributed by atoms with van der Waals surface area (Å²) in [6, 6.07) is 2.49. The largest absolute Gasteiger partial charge is 0.479 e. The molecule has 5 nitrogen and oxygen atoms in total. The SMILES string of the molecule is CCCNCc1cc(F)c(OCc2ncon2)c(F)c1. The summed E-state index contributed by atoms with van der Waals surface area (Å²) in [5.41, 5.74) is 0.528. The molecule has 0 amide bonds. The van der Waals surface area contributed by atoms with Gasteiger partial charge in [0.2, 0.25) is 12.2 Å². The Labute approximate surface area is 114 Å². The third-order valence-electron chi connectivity index (χ3n) is 2.57. The first-order valence-corrected chi connectivity index (χ1v) is 6.27. The summed E-state index contributed by atoms with van der Waals surface area (Å²) in [6.45, 7) is 3.06. The molecule has 0 fully saturated rings. The fraction of sp³-hybridized carbons (Fsp3) is 0.385. The highest BCUT2D eigenvalue weighted by atomic mass is 19.1. The van der Waals surface area contributed by atoms with Crippen molar-refractivity contribution in [1.29, 1.82) is 0 Å². The molecule has 0 radical (unpaired) electrons. The average Bonchev–Trinajstić information content (AvgIpc) is 2.91. The van der Waals surface area contributed by atoms with Crippen LogP contribution in [0.4, 0.5) is 8.78 Å². The minimum Gasteiger partial charge on any atom is -0.479 e. The highest BCUT2D eigenvalue weighted by Crippen LogP contribution is 2.24. The van der Waals surface area contributed by atoms with Gasteiger partial charge in [-0.2, -0.15) is 4.98 Å². The molecule has 2 aromatic rings. The average molecular weight is 283 g/mol. The Balaban J connectivity index is 2.02. The fourth-order valence-corrected chi connectivity index (χ4v) is 1.65. The number of rotatable bonds is 7. The number of halogens is 2. The lowest BCUT2D eigenvalue weighted by molar-refractivity contribution is 0.259. The molecule has 1 N–H and O–H groups in total. The van der Waals surface area contributed by atoms with Crippen molar-refractivity contribution in [1.82, 2.24) is 15.5 Å². The first kappa shape index (κ1) is 14.4. The van der Waals surface area contributed by atoms with Crippen LogP contribution in [0.3, 0.4) is 0 Å². The molecule has 2 rings (SSSR count). The molecule has 0 spiro atoms. The van der Waals surface area contributed by atoms with E-state index < -0.39 is 17.4 Å². The number of nitrogens with one attached hydrogen (secondary N) is 1. The maximum absolute atomic E-state index is 13.8. The summed E-state index contributed by atoms with van der Waals surface area (Å²) in [4.78, 5) is 3.70. The van der Waals surface area contributed by atoms with Crippen LogP contribution in [0, 0.1) is 11.6 Å². The van der Waals surface area contributed by atoms with Crippen molar-refractivity contribution >= 4 is 0 Å². The fourth-order valence-electron chi connectivity index (χ4n) is 1.65. The third-order valence-corrected chi connectivity index (χ3v) is 2.57. The van der Waals surface area contributed by atoms with E-state index >= 15 is 0 Å². The first-order chi connectivity index (χ1) is 9.70. The Morgan fingerprint density at radius 2 is 2.05 bits per heavy atom. The number of nitrogens with zero attached hydrogens (tertiary/aromatic N) is 2. The van der Waals surface area contributed by atoms with Gasteiger partial charge >= 0.3 is 0 Å². The first-order valence-electron chi connectivity index (χ1n) is 6.27. The van der Waals surface area contributed by atoms with Crippen LogP contribution in [0.5, 0.6) is 5.75 Å². The molecule has 0 aliphatic rings. The predicted octanol–water partition coefficient (Wildman–Crippen LogP) is 2.43. The van der Waals surface area contributed by atoms with Crippen LogP contribution in [0.1, 0.15) is 24.7 Å². The van der Waals surface area contributed by atoms with Gasteiger partial charge in [0.15, 0.2) is 24.0 Å². The van der Waals surface area contributed by atoms with Crippen LogP contribution in [0.2, 0.25) is 0 Å². The maximum Gasteiger partial charge on any atom is 0.213 e. The van der Waals surface area contributed by atoms with Crippen molar-refractivity contribution in [3.05, 3.63) is 41.5 Å². The van der Waals surface area contributed by atoms with Crippen molar-refractivity contribution in [2.75, 3.05) is 6.54 Å². The van der Waals surface area contributed by atoms with E-state index in [4.69, 9.17) is 4.74 Å². The van der Waals surface area contributed by atoms with E-state index in [9.17, 15) is 8.78 Å². The summed E-state index contributed by atoms with van der Waals surface area (Å²) < 4.78 is 37.1. The zero-order valence-corrected chi connectivity index (χ0v) is 11.0. The molecule has 0 aliphatic heterocycles. The second-order valence-corrected chi connectivity index (χ2v) is 4.20. The van der Waals surface area contributed by atoms with E-state index in [1.54, 1.807) is 0 Å². The van der Waals surface area contributed by atoms with E-state index in [1.165, 1.54) is 12.1 Å². The van der Waals surface area contributed by atoms with Gasteiger partial charge in [-0.3, -0.25) is 0 Å². The lowest BCUT2D eigenvalue weighted by atomic mass is 10.2. The number of hydrogen-bond donors (Lipinski definition) is 1. The maximum atomic E-state index is 13.8. The molecular formula is C13H15F2N3O2. The quantitative estimate of drug-likeness (QED) is 0.791. The lowest BCUT2D eigenvalue weighted by Crippen LogP contribution is -2.14. The standard InChI is InChI=1S/C13H15F2N3O2/c1-2-3-16-6-9-4-10(14)13(11(15)5-9)19-7-12-17-8-20-18-12/h4-5,8,16H,2-3,6-7H2,1H3. The van der Waals surface area contributed by atoms with Crippen LogP contribution in [0.15, 0.2) is 23.0 Å². The molecule has 1 aromatic heterocycles. The van der Waals surface area contributed by atoms with Crippen molar-refractivity contribution in [3.8, 4) is 5.75 Å². The number of ether oxygens (including phenoxy) is 1. The third kappa shape index (κ3) is 3.74. The molecule has 0 bridgehead atoms. The van der Waals surface area contributed by atoms with E-state index in [0.717, 1.165) is 19.4 Å². The molecule has 1 aromatic carbocycles. The van der Waals surface area contributed by atoms with Gasteiger partial charge in [-0.15, -0.1) is 0 Å². The molecule has 7 heteroatoms. The second-order valence-electron chi connectivity index (χ2n) is 4.20. The summed E-state index contributed by atoms with van der Waals surface area (Å²) in [5, 5.41) is 6.57. The van der Waals surface area contributed by atoms with E-state index in [1.807, 2.05) is 6.92 Å². The summed E-state index contributed by atoms with van der Waals surface area (Å²) in [7, 11) is 0. The van der Waals surface area contributed by atoms with Crippen LogP contribution in [-0.4, -0.2) is 16.7 Å². The van der Waals surface area contributed by atoms with E-state index in [0.29, 0.717) is 12.1 Å². The monoisotopic (exact) mass is 283 g/mol. The van der Waals surface area contributed by atoms with Crippen molar-refractivity contribution in [2.24, 2.45) is 0 Å². The Morgan fingerprint density at radius 1 is 1.30 bits per heavy atom. The van der Waals surface area contributed by atoms with Crippen molar-refractivity contribution in [3.63, 3.8) is 0 Å². The van der Waals surface area contributed by atoms with Gasteiger partial charge in [0, 0.05) is 6.54 Å². The topological polar surface area (TPSA) is 60.2 Å². The minimum atomic E-state index is -0.748. The summed E-state index contributed by atoms with van der Waals surface area (Å²) in [5.74, 6) is -1.71. The molecular weight excluding hydrogens is 268 g/mol. The Morgan fingerprint density at radius 3 is 2.65 bits per heavy atom. The molecule has 108 valence electrons. The van der Waals surface area contributed by atoms with Gasteiger partial charge in [-0.1, -0.05) is 12.1 Å². The Kier molecular flexibility index (Phi) is 5.00. The smallest absolute Gasteiger partial charge is 0.213 e. The van der Waals surface area contributed by atoms with Gasteiger partial charge in [0.05, 0.1) is 0 Å². The summed E-state index contributed by atoms with van der Waals surface area (Å²) in [6.07, 6.45) is 2.07. The Bertz CT molecular complexity index is 524. The van der Waals surface area contributed by atoms with E-state index in [2.05, 4.69) is 20.0 Å². The van der Waals surface area contributed by atoms with Crippen LogP contribution in [-0.2, 0) is 13.2 Å².